The molecule has 0 atom stereocenters. The molecule has 1 aliphatic carbocycles. The minimum absolute atomic E-state index is 0.00758. The molecule has 5 heteroatoms. The Labute approximate surface area is 136 Å². The van der Waals surface area contributed by atoms with Gasteiger partial charge < -0.3 is 4.74 Å². The molecule has 0 saturated heterocycles. The van der Waals surface area contributed by atoms with E-state index < -0.39 is 0 Å². The van der Waals surface area contributed by atoms with Crippen molar-refractivity contribution in [3.63, 3.8) is 0 Å². The van der Waals surface area contributed by atoms with Crippen molar-refractivity contribution in [2.75, 3.05) is 20.3 Å². The molecular formula is C18H25N3O2. The summed E-state index contributed by atoms with van der Waals surface area (Å²) < 4.78 is 6.87. The molecule has 2 aromatic rings. The highest BCUT2D eigenvalue weighted by atomic mass is 16.5. The summed E-state index contributed by atoms with van der Waals surface area (Å²) in [6.07, 6.45) is 6.89. The van der Waals surface area contributed by atoms with Crippen LogP contribution in [-0.2, 0) is 11.3 Å². The van der Waals surface area contributed by atoms with Gasteiger partial charge in [0.25, 0.3) is 5.56 Å². The molecule has 0 N–H and O–H groups in total. The normalized spacial score (nSPS) is 15.8. The lowest BCUT2D eigenvalue weighted by atomic mass is 10.2. The van der Waals surface area contributed by atoms with Crippen LogP contribution in [0.2, 0.25) is 0 Å². The highest BCUT2D eigenvalue weighted by Gasteiger charge is 2.23. The number of hydrogen-bond donors (Lipinski definition) is 0. The van der Waals surface area contributed by atoms with E-state index in [1.807, 2.05) is 25.3 Å². The van der Waals surface area contributed by atoms with Crippen LogP contribution in [0.25, 0.3) is 5.65 Å². The molecule has 124 valence electrons. The Hall–Kier alpha value is -1.72. The Morgan fingerprint density at radius 3 is 2.87 bits per heavy atom. The maximum Gasteiger partial charge on any atom is 0.258 e. The molecule has 0 aromatic carbocycles. The van der Waals surface area contributed by atoms with Gasteiger partial charge in [-0.05, 0) is 31.4 Å². The van der Waals surface area contributed by atoms with Crippen LogP contribution < -0.4 is 5.56 Å². The van der Waals surface area contributed by atoms with Crippen LogP contribution in [0.15, 0.2) is 29.2 Å². The Morgan fingerprint density at radius 1 is 1.35 bits per heavy atom. The third kappa shape index (κ3) is 3.79. The molecule has 1 saturated carbocycles. The number of aromatic nitrogens is 2. The smallest absolute Gasteiger partial charge is 0.258 e. The summed E-state index contributed by atoms with van der Waals surface area (Å²) in [4.78, 5) is 19.4. The standard InChI is InChI=1S/C18H25N3O2/c1-14-7-8-17-19-15(11-18(22)21(17)12-14)13-20(9-10-23-2)16-5-3-4-6-16/h7-8,11-12,16H,3-6,9-10,13H2,1-2H3. The van der Waals surface area contributed by atoms with Gasteiger partial charge in [-0.2, -0.15) is 0 Å². The van der Waals surface area contributed by atoms with Crippen molar-refractivity contribution in [2.45, 2.75) is 45.2 Å². The van der Waals surface area contributed by atoms with Crippen LogP contribution in [0.1, 0.15) is 36.9 Å². The van der Waals surface area contributed by atoms with E-state index in [0.717, 1.165) is 23.4 Å². The van der Waals surface area contributed by atoms with Crippen LogP contribution in [0.3, 0.4) is 0 Å². The van der Waals surface area contributed by atoms with Gasteiger partial charge in [-0.3, -0.25) is 14.1 Å². The number of nitrogens with zero attached hydrogens (tertiary/aromatic N) is 3. The molecular weight excluding hydrogens is 290 g/mol. The summed E-state index contributed by atoms with van der Waals surface area (Å²) >= 11 is 0. The molecule has 3 rings (SSSR count). The first-order valence-corrected chi connectivity index (χ1v) is 8.39. The van der Waals surface area contributed by atoms with Crippen LogP contribution in [-0.4, -0.2) is 40.6 Å². The molecule has 0 unspecified atom stereocenters. The predicted octanol–water partition coefficient (Wildman–Crippen LogP) is 2.39. The summed E-state index contributed by atoms with van der Waals surface area (Å²) in [5.74, 6) is 0. The number of rotatable bonds is 6. The Bertz CT molecular complexity index is 720. The summed E-state index contributed by atoms with van der Waals surface area (Å²) in [5.41, 5.74) is 2.62. The molecule has 23 heavy (non-hydrogen) atoms. The number of ether oxygens (including phenoxy) is 1. The van der Waals surface area contributed by atoms with E-state index in [4.69, 9.17) is 4.74 Å². The number of aryl methyl sites for hydroxylation is 1. The van der Waals surface area contributed by atoms with E-state index in [9.17, 15) is 4.79 Å². The summed E-state index contributed by atoms with van der Waals surface area (Å²) in [6, 6.07) is 6.16. The van der Waals surface area contributed by atoms with Gasteiger partial charge in [0, 0.05) is 38.5 Å². The highest BCUT2D eigenvalue weighted by Crippen LogP contribution is 2.24. The Balaban J connectivity index is 1.85. The first-order valence-electron chi connectivity index (χ1n) is 8.39. The maximum atomic E-state index is 12.3. The lowest BCUT2D eigenvalue weighted by Gasteiger charge is -2.28. The van der Waals surface area contributed by atoms with Crippen LogP contribution in [0.5, 0.6) is 0 Å². The van der Waals surface area contributed by atoms with E-state index in [0.29, 0.717) is 19.2 Å². The second-order valence-electron chi connectivity index (χ2n) is 6.42. The van der Waals surface area contributed by atoms with Gasteiger partial charge >= 0.3 is 0 Å². The van der Waals surface area contributed by atoms with Crippen LogP contribution in [0.4, 0.5) is 0 Å². The van der Waals surface area contributed by atoms with E-state index in [1.54, 1.807) is 17.6 Å². The molecule has 0 aliphatic heterocycles. The van der Waals surface area contributed by atoms with Gasteiger partial charge in [0.05, 0.1) is 12.3 Å². The van der Waals surface area contributed by atoms with Gasteiger partial charge in [0.15, 0.2) is 0 Å². The fourth-order valence-electron chi connectivity index (χ4n) is 3.42. The quantitative estimate of drug-likeness (QED) is 0.821. The molecule has 5 nitrogen and oxygen atoms in total. The molecule has 1 fully saturated rings. The largest absolute Gasteiger partial charge is 0.383 e. The van der Waals surface area contributed by atoms with Gasteiger partial charge in [0.1, 0.15) is 5.65 Å². The second kappa shape index (κ2) is 7.23. The number of hydrogen-bond acceptors (Lipinski definition) is 4. The predicted molar refractivity (Wildman–Crippen MR) is 90.7 cm³/mol. The fraction of sp³-hybridized carbons (Fsp3) is 0.556. The van der Waals surface area contributed by atoms with Gasteiger partial charge in [-0.25, -0.2) is 4.98 Å². The van der Waals surface area contributed by atoms with Crippen LogP contribution >= 0.6 is 0 Å². The minimum atomic E-state index is -0.00758. The average molecular weight is 315 g/mol. The van der Waals surface area contributed by atoms with Crippen molar-refractivity contribution >= 4 is 5.65 Å². The lowest BCUT2D eigenvalue weighted by molar-refractivity contribution is 0.114. The van der Waals surface area contributed by atoms with Crippen LogP contribution in [0, 0.1) is 6.92 Å². The van der Waals surface area contributed by atoms with Crippen molar-refractivity contribution in [1.29, 1.82) is 0 Å². The zero-order valence-electron chi connectivity index (χ0n) is 14.0. The Kier molecular flexibility index (Phi) is 5.08. The zero-order chi connectivity index (χ0) is 16.2. The second-order valence-corrected chi connectivity index (χ2v) is 6.42. The highest BCUT2D eigenvalue weighted by molar-refractivity contribution is 5.39. The summed E-state index contributed by atoms with van der Waals surface area (Å²) in [6.45, 7) is 4.29. The first-order chi connectivity index (χ1) is 11.2. The monoisotopic (exact) mass is 315 g/mol. The van der Waals surface area contributed by atoms with Crippen molar-refractivity contribution < 1.29 is 4.74 Å². The van der Waals surface area contributed by atoms with E-state index in [2.05, 4.69) is 9.88 Å². The number of fused-ring (bicyclic) bond motifs is 1. The molecule has 0 spiro atoms. The first kappa shape index (κ1) is 16.1. The summed E-state index contributed by atoms with van der Waals surface area (Å²) in [7, 11) is 1.73. The third-order valence-corrected chi connectivity index (χ3v) is 4.65. The molecule has 2 heterocycles. The van der Waals surface area contributed by atoms with Gasteiger partial charge in [-0.15, -0.1) is 0 Å². The fourth-order valence-corrected chi connectivity index (χ4v) is 3.42. The van der Waals surface area contributed by atoms with E-state index >= 15 is 0 Å². The number of methoxy groups -OCH3 is 1. The van der Waals surface area contributed by atoms with Crippen molar-refractivity contribution in [1.82, 2.24) is 14.3 Å². The maximum absolute atomic E-state index is 12.3. The molecule has 0 amide bonds. The van der Waals surface area contributed by atoms with Crippen molar-refractivity contribution in [2.24, 2.45) is 0 Å². The van der Waals surface area contributed by atoms with Gasteiger partial charge in [0.2, 0.25) is 0 Å². The van der Waals surface area contributed by atoms with Gasteiger partial charge in [-0.1, -0.05) is 18.9 Å². The van der Waals surface area contributed by atoms with Crippen molar-refractivity contribution in [3.8, 4) is 0 Å². The topological polar surface area (TPSA) is 46.8 Å². The lowest BCUT2D eigenvalue weighted by Crippen LogP contribution is -2.36. The SMILES string of the molecule is COCCN(Cc1cc(=O)n2cc(C)ccc2n1)C1CCCC1. The summed E-state index contributed by atoms with van der Waals surface area (Å²) in [5, 5.41) is 0. The van der Waals surface area contributed by atoms with E-state index in [1.165, 1.54) is 25.7 Å². The third-order valence-electron chi connectivity index (χ3n) is 4.65. The van der Waals surface area contributed by atoms with Crippen molar-refractivity contribution in [3.05, 3.63) is 46.0 Å². The van der Waals surface area contributed by atoms with E-state index in [-0.39, 0.29) is 5.56 Å². The zero-order valence-corrected chi connectivity index (χ0v) is 14.0. The minimum Gasteiger partial charge on any atom is -0.383 e. The Morgan fingerprint density at radius 2 is 2.13 bits per heavy atom. The molecule has 0 radical (unpaired) electrons. The molecule has 0 bridgehead atoms. The molecule has 1 aliphatic rings. The average Bonchev–Trinajstić information content (AvgIpc) is 3.06. The molecule has 2 aromatic heterocycles. The number of pyridine rings is 1.